The van der Waals surface area contributed by atoms with Gasteiger partial charge >= 0.3 is 12.2 Å². The standard InChI is InChI=1S/C26H28F3N5O3/c1-34(2,24(30)36)15-14-25(12-13-25)17-4-6-18(7-5-17)31-23(35)21-16-22(26(27,28)29)32-33(21)19-8-10-20(37-3)11-9-19/h4-11,16H,12-15H2,1-3H3,(H2-,30,31,35,36)/p+1. The molecule has 11 heteroatoms. The molecular formula is C26H29F3N5O3+. The molecule has 37 heavy (non-hydrogen) atoms. The van der Waals surface area contributed by atoms with E-state index in [1.807, 2.05) is 12.1 Å². The Kier molecular flexibility index (Phi) is 6.76. The van der Waals surface area contributed by atoms with Crippen molar-refractivity contribution >= 4 is 17.6 Å². The Morgan fingerprint density at radius 1 is 1.11 bits per heavy atom. The molecular weight excluding hydrogens is 487 g/mol. The highest BCUT2D eigenvalue weighted by Crippen LogP contribution is 2.51. The number of aromatic nitrogens is 2. The zero-order chi connectivity index (χ0) is 27.0. The maximum atomic E-state index is 13.4. The highest BCUT2D eigenvalue weighted by Gasteiger charge is 2.45. The van der Waals surface area contributed by atoms with Crippen LogP contribution in [0.15, 0.2) is 54.6 Å². The summed E-state index contributed by atoms with van der Waals surface area (Å²) in [5.74, 6) is -0.211. The fourth-order valence-electron chi connectivity index (χ4n) is 4.14. The number of anilines is 1. The molecule has 196 valence electrons. The van der Waals surface area contributed by atoms with Crippen molar-refractivity contribution in [3.8, 4) is 11.4 Å². The first kappa shape index (κ1) is 26.2. The molecule has 1 fully saturated rings. The Hall–Kier alpha value is -3.86. The molecule has 0 unspecified atom stereocenters. The van der Waals surface area contributed by atoms with E-state index < -0.39 is 23.8 Å². The van der Waals surface area contributed by atoms with Crippen molar-refractivity contribution in [1.29, 1.82) is 0 Å². The van der Waals surface area contributed by atoms with Gasteiger partial charge in [-0.15, -0.1) is 0 Å². The second-order valence-corrected chi connectivity index (χ2v) is 9.83. The summed E-state index contributed by atoms with van der Waals surface area (Å²) in [4.78, 5) is 24.7. The van der Waals surface area contributed by atoms with Gasteiger partial charge in [-0.1, -0.05) is 12.1 Å². The number of carbonyl (C=O) groups is 2. The van der Waals surface area contributed by atoms with E-state index in [4.69, 9.17) is 10.5 Å². The number of urea groups is 1. The minimum atomic E-state index is -4.71. The average Bonchev–Trinajstić information content (AvgIpc) is 3.50. The molecule has 3 N–H and O–H groups in total. The third-order valence-electron chi connectivity index (χ3n) is 6.90. The lowest BCUT2D eigenvalue weighted by molar-refractivity contribution is -0.808. The Labute approximate surface area is 212 Å². The van der Waals surface area contributed by atoms with E-state index in [0.717, 1.165) is 35.6 Å². The summed E-state index contributed by atoms with van der Waals surface area (Å²) in [6, 6.07) is 13.8. The summed E-state index contributed by atoms with van der Waals surface area (Å²) in [5, 5.41) is 6.30. The van der Waals surface area contributed by atoms with Gasteiger partial charge in [-0.25, -0.2) is 14.0 Å². The first-order valence-electron chi connectivity index (χ1n) is 11.7. The van der Waals surface area contributed by atoms with Crippen molar-refractivity contribution in [2.45, 2.75) is 30.9 Å². The Bertz CT molecular complexity index is 1290. The lowest BCUT2D eigenvalue weighted by atomic mass is 9.92. The maximum Gasteiger partial charge on any atom is 0.435 e. The number of ether oxygens (including phenoxy) is 1. The normalized spacial score (nSPS) is 14.8. The highest BCUT2D eigenvalue weighted by atomic mass is 19.4. The molecule has 1 saturated carbocycles. The molecule has 1 aromatic heterocycles. The molecule has 0 bridgehead atoms. The molecule has 0 spiro atoms. The second-order valence-electron chi connectivity index (χ2n) is 9.83. The molecule has 4 rings (SSSR count). The van der Waals surface area contributed by atoms with Gasteiger partial charge in [-0.2, -0.15) is 18.3 Å². The number of primary amides is 1. The molecule has 1 aliphatic rings. The molecule has 1 heterocycles. The molecule has 2 aromatic carbocycles. The molecule has 0 radical (unpaired) electrons. The van der Waals surface area contributed by atoms with E-state index in [2.05, 4.69) is 10.4 Å². The van der Waals surface area contributed by atoms with Gasteiger partial charge in [0.25, 0.3) is 5.91 Å². The van der Waals surface area contributed by atoms with Crippen LogP contribution in [0.2, 0.25) is 0 Å². The first-order valence-corrected chi connectivity index (χ1v) is 11.7. The lowest BCUT2D eigenvalue weighted by Gasteiger charge is -2.27. The SMILES string of the molecule is COc1ccc(-n2nc(C(F)(F)F)cc2C(=O)Nc2ccc(C3(CC[N+](C)(C)C(N)=O)CC3)cc2)cc1. The van der Waals surface area contributed by atoms with E-state index in [0.29, 0.717) is 18.0 Å². The lowest BCUT2D eigenvalue weighted by Crippen LogP contribution is -2.50. The van der Waals surface area contributed by atoms with Gasteiger partial charge in [0.05, 0.1) is 33.4 Å². The minimum absolute atomic E-state index is 0.0396. The van der Waals surface area contributed by atoms with Crippen LogP contribution < -0.4 is 15.8 Å². The Morgan fingerprint density at radius 2 is 1.73 bits per heavy atom. The van der Waals surface area contributed by atoms with Crippen LogP contribution in [0, 0.1) is 0 Å². The zero-order valence-electron chi connectivity index (χ0n) is 20.8. The van der Waals surface area contributed by atoms with Crippen LogP contribution in [0.3, 0.4) is 0 Å². The van der Waals surface area contributed by atoms with Crippen molar-refractivity contribution in [2.75, 3.05) is 33.1 Å². The number of halogens is 3. The number of rotatable bonds is 8. The van der Waals surface area contributed by atoms with Crippen LogP contribution in [-0.4, -0.2) is 54.0 Å². The van der Waals surface area contributed by atoms with Crippen LogP contribution >= 0.6 is 0 Å². The summed E-state index contributed by atoms with van der Waals surface area (Å²) in [7, 11) is 5.02. The highest BCUT2D eigenvalue weighted by molar-refractivity contribution is 6.03. The van der Waals surface area contributed by atoms with Crippen molar-refractivity contribution in [3.63, 3.8) is 0 Å². The van der Waals surface area contributed by atoms with Crippen molar-refractivity contribution < 1.29 is 32.0 Å². The number of amides is 3. The molecule has 1 aliphatic carbocycles. The zero-order valence-corrected chi connectivity index (χ0v) is 20.8. The van der Waals surface area contributed by atoms with E-state index in [-0.39, 0.29) is 21.3 Å². The van der Waals surface area contributed by atoms with Gasteiger partial charge in [0.2, 0.25) is 0 Å². The van der Waals surface area contributed by atoms with Gasteiger partial charge in [-0.05, 0) is 54.8 Å². The first-order chi connectivity index (χ1) is 17.3. The largest absolute Gasteiger partial charge is 0.497 e. The van der Waals surface area contributed by atoms with Crippen molar-refractivity contribution in [2.24, 2.45) is 5.73 Å². The number of nitrogens with zero attached hydrogens (tertiary/aromatic N) is 3. The topological polar surface area (TPSA) is 99.2 Å². The molecule has 3 aromatic rings. The number of hydrogen-bond acceptors (Lipinski definition) is 4. The summed E-state index contributed by atoms with van der Waals surface area (Å²) in [6.07, 6.45) is -1.96. The predicted molar refractivity (Wildman–Crippen MR) is 132 cm³/mol. The van der Waals surface area contributed by atoms with Crippen LogP contribution in [0.1, 0.15) is 41.0 Å². The number of alkyl halides is 3. The molecule has 0 saturated heterocycles. The summed E-state index contributed by atoms with van der Waals surface area (Å²) in [5.41, 5.74) is 5.81. The summed E-state index contributed by atoms with van der Waals surface area (Å²) < 4.78 is 46.3. The van der Waals surface area contributed by atoms with Gasteiger partial charge in [-0.3, -0.25) is 4.79 Å². The number of carbonyl (C=O) groups excluding carboxylic acids is 2. The number of hydrogen-bond donors (Lipinski definition) is 2. The van der Waals surface area contributed by atoms with Gasteiger partial charge in [0.15, 0.2) is 5.69 Å². The van der Waals surface area contributed by atoms with Gasteiger partial charge in [0, 0.05) is 23.6 Å². The minimum Gasteiger partial charge on any atom is -0.497 e. The number of quaternary nitrogens is 1. The molecule has 8 nitrogen and oxygen atoms in total. The number of nitrogens with one attached hydrogen (secondary N) is 1. The fraction of sp³-hybridized carbons (Fsp3) is 0.346. The number of methoxy groups -OCH3 is 1. The average molecular weight is 517 g/mol. The predicted octanol–water partition coefficient (Wildman–Crippen LogP) is 4.73. The summed E-state index contributed by atoms with van der Waals surface area (Å²) in [6.45, 7) is 0.602. The fourth-order valence-corrected chi connectivity index (χ4v) is 4.14. The molecule has 0 aliphatic heterocycles. The van der Waals surface area contributed by atoms with Crippen LogP contribution in [-0.2, 0) is 11.6 Å². The van der Waals surface area contributed by atoms with Crippen molar-refractivity contribution in [3.05, 3.63) is 71.5 Å². The number of nitrogens with two attached hydrogens (primary N) is 1. The second kappa shape index (κ2) is 9.55. The van der Waals surface area contributed by atoms with E-state index in [9.17, 15) is 22.8 Å². The van der Waals surface area contributed by atoms with Gasteiger partial charge < -0.3 is 15.8 Å². The van der Waals surface area contributed by atoms with Crippen LogP contribution in [0.4, 0.5) is 23.7 Å². The van der Waals surface area contributed by atoms with E-state index in [1.54, 1.807) is 38.4 Å². The van der Waals surface area contributed by atoms with Crippen LogP contribution in [0.5, 0.6) is 5.75 Å². The third-order valence-corrected chi connectivity index (χ3v) is 6.90. The number of benzene rings is 2. The molecule has 3 amide bonds. The quantitative estimate of drug-likeness (QED) is 0.423. The Balaban J connectivity index is 1.53. The summed E-state index contributed by atoms with van der Waals surface area (Å²) >= 11 is 0. The third kappa shape index (κ3) is 5.61. The van der Waals surface area contributed by atoms with E-state index in [1.165, 1.54) is 19.2 Å². The van der Waals surface area contributed by atoms with Gasteiger partial charge in [0.1, 0.15) is 11.4 Å². The monoisotopic (exact) mass is 516 g/mol. The van der Waals surface area contributed by atoms with Crippen LogP contribution in [0.25, 0.3) is 5.69 Å². The van der Waals surface area contributed by atoms with E-state index >= 15 is 0 Å². The maximum absolute atomic E-state index is 13.4. The van der Waals surface area contributed by atoms with Crippen molar-refractivity contribution in [1.82, 2.24) is 9.78 Å². The Morgan fingerprint density at radius 3 is 2.24 bits per heavy atom. The molecule has 0 atom stereocenters. The smallest absolute Gasteiger partial charge is 0.435 e.